The number of pyridine rings is 3. The molecule has 0 aromatic carbocycles. The second kappa shape index (κ2) is 8.79. The molecule has 2 saturated heterocycles. The van der Waals surface area contributed by atoms with Crippen LogP contribution in [0.4, 0.5) is 5.82 Å². The van der Waals surface area contributed by atoms with Crippen LogP contribution in [-0.2, 0) is 11.2 Å². The first-order chi connectivity index (χ1) is 17.5. The second-order valence-corrected chi connectivity index (χ2v) is 9.92. The van der Waals surface area contributed by atoms with Gasteiger partial charge in [-0.1, -0.05) is 0 Å². The van der Waals surface area contributed by atoms with Crippen LogP contribution in [0.5, 0.6) is 17.4 Å². The molecule has 0 atom stereocenters. The molecule has 0 radical (unpaired) electrons. The third-order valence-corrected chi connectivity index (χ3v) is 8.16. The number of hydrogen-bond acceptors (Lipinski definition) is 9. The Morgan fingerprint density at radius 2 is 1.89 bits per heavy atom. The van der Waals surface area contributed by atoms with Gasteiger partial charge in [0.05, 0.1) is 47.7 Å². The first kappa shape index (κ1) is 22.8. The van der Waals surface area contributed by atoms with Crippen molar-refractivity contribution in [2.75, 3.05) is 38.9 Å². The van der Waals surface area contributed by atoms with Gasteiger partial charge < -0.3 is 23.8 Å². The minimum absolute atomic E-state index is 0.0887. The van der Waals surface area contributed by atoms with Gasteiger partial charge in [0.1, 0.15) is 25.1 Å². The maximum Gasteiger partial charge on any atom is 0.213 e. The molecule has 186 valence electrons. The number of rotatable bonds is 6. The summed E-state index contributed by atoms with van der Waals surface area (Å²) >= 11 is 0. The van der Waals surface area contributed by atoms with Crippen molar-refractivity contribution in [3.8, 4) is 23.4 Å². The third-order valence-electron chi connectivity index (χ3n) is 8.16. The molecule has 4 aliphatic rings. The van der Waals surface area contributed by atoms with Crippen molar-refractivity contribution >= 4 is 16.9 Å². The van der Waals surface area contributed by atoms with Gasteiger partial charge in [-0.2, -0.15) is 5.26 Å². The normalized spacial score (nSPS) is 24.4. The van der Waals surface area contributed by atoms with Crippen molar-refractivity contribution in [1.82, 2.24) is 15.0 Å². The number of fused-ring (bicyclic) bond motifs is 5. The van der Waals surface area contributed by atoms with Crippen molar-refractivity contribution in [1.29, 1.82) is 5.26 Å². The van der Waals surface area contributed by atoms with Crippen molar-refractivity contribution < 1.29 is 18.9 Å². The number of ether oxygens (including phenoxy) is 4. The first-order valence-corrected chi connectivity index (χ1v) is 12.4. The average molecular weight is 488 g/mol. The lowest BCUT2D eigenvalue weighted by atomic mass is 9.68. The zero-order chi connectivity index (χ0) is 24.8. The molecule has 7 rings (SSSR count). The van der Waals surface area contributed by atoms with Crippen LogP contribution in [0.15, 0.2) is 30.6 Å². The smallest absolute Gasteiger partial charge is 0.213 e. The summed E-state index contributed by atoms with van der Waals surface area (Å²) < 4.78 is 23.3. The van der Waals surface area contributed by atoms with Gasteiger partial charge in [-0.3, -0.25) is 4.98 Å². The molecule has 0 unspecified atom stereocenters. The van der Waals surface area contributed by atoms with Gasteiger partial charge in [0, 0.05) is 25.4 Å². The molecule has 2 bridgehead atoms. The lowest BCUT2D eigenvalue weighted by Gasteiger charge is -2.56. The summed E-state index contributed by atoms with van der Waals surface area (Å²) in [6, 6.07) is 7.95. The molecule has 0 amide bonds. The summed E-state index contributed by atoms with van der Waals surface area (Å²) in [5.41, 5.74) is 2.70. The summed E-state index contributed by atoms with van der Waals surface area (Å²) in [5.74, 6) is 2.84. The molecular formula is C27H29N5O4. The van der Waals surface area contributed by atoms with Crippen LogP contribution < -0.4 is 19.1 Å². The molecule has 0 N–H and O–H groups in total. The van der Waals surface area contributed by atoms with Crippen LogP contribution in [0.3, 0.4) is 0 Å². The monoisotopic (exact) mass is 487 g/mol. The van der Waals surface area contributed by atoms with Gasteiger partial charge in [-0.15, -0.1) is 0 Å². The van der Waals surface area contributed by atoms with Crippen LogP contribution in [0.25, 0.3) is 11.0 Å². The van der Waals surface area contributed by atoms with E-state index in [1.54, 1.807) is 25.6 Å². The van der Waals surface area contributed by atoms with Crippen molar-refractivity contribution in [3.05, 3.63) is 41.7 Å². The van der Waals surface area contributed by atoms with E-state index in [-0.39, 0.29) is 11.1 Å². The van der Waals surface area contributed by atoms with Gasteiger partial charge in [-0.25, -0.2) is 9.97 Å². The van der Waals surface area contributed by atoms with E-state index >= 15 is 0 Å². The van der Waals surface area contributed by atoms with Crippen LogP contribution in [0, 0.1) is 11.3 Å². The SMILES string of the molecule is COc1ccc2ncc(C#N)c(CCC34CCC(N(C)c5cc6c(cn5)OCCO6)(CC3)CO4)c2n1. The topological polar surface area (TPSA) is 103 Å². The second-order valence-electron chi connectivity index (χ2n) is 9.92. The third kappa shape index (κ3) is 3.77. The van der Waals surface area contributed by atoms with E-state index < -0.39 is 0 Å². The Morgan fingerprint density at radius 1 is 1.08 bits per heavy atom. The van der Waals surface area contributed by atoms with E-state index in [1.165, 1.54) is 0 Å². The first-order valence-electron chi connectivity index (χ1n) is 12.4. The zero-order valence-electron chi connectivity index (χ0n) is 20.6. The van der Waals surface area contributed by atoms with Gasteiger partial charge in [0.2, 0.25) is 5.88 Å². The number of hydrogen-bond donors (Lipinski definition) is 0. The number of nitrogens with zero attached hydrogens (tertiary/aromatic N) is 5. The Labute approximate surface area is 210 Å². The van der Waals surface area contributed by atoms with Crippen LogP contribution in [0.2, 0.25) is 0 Å². The Balaban J connectivity index is 1.19. The van der Waals surface area contributed by atoms with E-state index in [0.717, 1.165) is 60.3 Å². The molecule has 9 nitrogen and oxygen atoms in total. The molecule has 1 aliphatic carbocycles. The Morgan fingerprint density at radius 3 is 2.61 bits per heavy atom. The minimum Gasteiger partial charge on any atom is -0.486 e. The van der Waals surface area contributed by atoms with E-state index in [1.807, 2.05) is 12.1 Å². The molecule has 9 heteroatoms. The van der Waals surface area contributed by atoms with E-state index in [9.17, 15) is 5.26 Å². The fraction of sp³-hybridized carbons (Fsp3) is 0.481. The molecule has 3 aliphatic heterocycles. The number of likely N-dealkylation sites (N-methyl/N-ethyl adjacent to an activating group) is 1. The highest BCUT2D eigenvalue weighted by Gasteiger charge is 2.51. The largest absolute Gasteiger partial charge is 0.486 e. The standard InChI is InChI=1S/C27H29N5O4/c1-32(23-13-21-22(16-30-23)35-12-11-34-21)26-7-9-27(10-8-26,36-17-26)6-5-19-18(14-28)15-29-20-3-4-24(33-2)31-25(19)20/h3-4,13,15-16H,5-12,17H2,1-2H3. The minimum atomic E-state index is -0.190. The summed E-state index contributed by atoms with van der Waals surface area (Å²) in [6.45, 7) is 1.76. The molecule has 3 aromatic heterocycles. The Bertz CT molecular complexity index is 1330. The number of aromatic nitrogens is 3. The van der Waals surface area contributed by atoms with Crippen molar-refractivity contribution in [2.45, 2.75) is 49.7 Å². The maximum absolute atomic E-state index is 9.74. The molecule has 6 heterocycles. The quantitative estimate of drug-likeness (QED) is 0.513. The Kier molecular flexibility index (Phi) is 5.56. The van der Waals surface area contributed by atoms with Crippen molar-refractivity contribution in [3.63, 3.8) is 0 Å². The predicted octanol–water partition coefficient (Wildman–Crippen LogP) is 3.83. The number of aryl methyl sites for hydroxylation is 1. The number of methoxy groups -OCH3 is 1. The van der Waals surface area contributed by atoms with Gasteiger partial charge in [0.25, 0.3) is 0 Å². The van der Waals surface area contributed by atoms with E-state index in [2.05, 4.69) is 33.0 Å². The summed E-state index contributed by atoms with van der Waals surface area (Å²) in [5, 5.41) is 9.74. The lowest BCUT2D eigenvalue weighted by Crippen LogP contribution is -2.62. The van der Waals surface area contributed by atoms with Crippen LogP contribution >= 0.6 is 0 Å². The van der Waals surface area contributed by atoms with Gasteiger partial charge in [0.15, 0.2) is 11.5 Å². The lowest BCUT2D eigenvalue weighted by molar-refractivity contribution is -0.156. The number of anilines is 1. The number of nitriles is 1. The molecule has 3 aromatic rings. The fourth-order valence-corrected chi connectivity index (χ4v) is 5.78. The highest BCUT2D eigenvalue weighted by atomic mass is 16.6. The maximum atomic E-state index is 9.74. The molecule has 0 spiro atoms. The molecule has 1 saturated carbocycles. The summed E-state index contributed by atoms with van der Waals surface area (Å²) in [7, 11) is 3.69. The molecule has 3 fully saturated rings. The van der Waals surface area contributed by atoms with Gasteiger partial charge >= 0.3 is 0 Å². The average Bonchev–Trinajstić information content (AvgIpc) is 2.95. The van der Waals surface area contributed by atoms with Gasteiger partial charge in [-0.05, 0) is 50.2 Å². The summed E-state index contributed by atoms with van der Waals surface area (Å²) in [4.78, 5) is 15.9. The highest BCUT2D eigenvalue weighted by Crippen LogP contribution is 2.49. The zero-order valence-corrected chi connectivity index (χ0v) is 20.6. The van der Waals surface area contributed by atoms with E-state index in [0.29, 0.717) is 43.4 Å². The summed E-state index contributed by atoms with van der Waals surface area (Å²) in [6.07, 6.45) is 8.90. The highest BCUT2D eigenvalue weighted by molar-refractivity contribution is 5.80. The predicted molar refractivity (Wildman–Crippen MR) is 133 cm³/mol. The van der Waals surface area contributed by atoms with Crippen LogP contribution in [-0.4, -0.2) is 60.1 Å². The van der Waals surface area contributed by atoms with E-state index in [4.69, 9.17) is 18.9 Å². The molecular weight excluding hydrogens is 458 g/mol. The molecule has 36 heavy (non-hydrogen) atoms. The fourth-order valence-electron chi connectivity index (χ4n) is 5.78. The Hall–Kier alpha value is -3.64. The van der Waals surface area contributed by atoms with Crippen LogP contribution in [0.1, 0.15) is 43.2 Å². The van der Waals surface area contributed by atoms with Crippen molar-refractivity contribution in [2.24, 2.45) is 0 Å².